The third-order valence-electron chi connectivity index (χ3n) is 6.12. The number of Topliss-reactive ketones (excluding diaryl/α,β-unsaturated/α-hetero) is 1. The summed E-state index contributed by atoms with van der Waals surface area (Å²) in [5, 5.41) is 0. The van der Waals surface area contributed by atoms with E-state index < -0.39 is 30.2 Å². The fraction of sp³-hybridized carbons (Fsp3) is 0.241. The van der Waals surface area contributed by atoms with Gasteiger partial charge in [0, 0.05) is 24.2 Å². The van der Waals surface area contributed by atoms with Gasteiger partial charge in [0.1, 0.15) is 5.75 Å². The first kappa shape index (κ1) is 24.9. The van der Waals surface area contributed by atoms with Gasteiger partial charge in [0.25, 0.3) is 0 Å². The second kappa shape index (κ2) is 10.6. The van der Waals surface area contributed by atoms with Crippen LogP contribution in [0.1, 0.15) is 43.8 Å². The number of amides is 1. The van der Waals surface area contributed by atoms with Crippen molar-refractivity contribution in [3.05, 3.63) is 94.5 Å². The van der Waals surface area contributed by atoms with E-state index in [4.69, 9.17) is 9.47 Å². The Bertz CT molecular complexity index is 1310. The van der Waals surface area contributed by atoms with Gasteiger partial charge in [-0.3, -0.25) is 14.4 Å². The number of hydrogen-bond acceptors (Lipinski definition) is 6. The zero-order valence-corrected chi connectivity index (χ0v) is 20.4. The molecule has 1 atom stereocenters. The van der Waals surface area contributed by atoms with Crippen molar-refractivity contribution in [1.29, 1.82) is 0 Å². The maximum absolute atomic E-state index is 12.6. The molecule has 1 heterocycles. The number of nitrogens with zero attached hydrogens (tertiary/aromatic N) is 1. The lowest BCUT2D eigenvalue weighted by atomic mass is 10.1. The minimum absolute atomic E-state index is 0.0430. The molecule has 3 aromatic rings. The lowest BCUT2D eigenvalue weighted by molar-refractivity contribution is -0.147. The second-order valence-electron chi connectivity index (χ2n) is 9.01. The summed E-state index contributed by atoms with van der Waals surface area (Å²) in [5.74, 6) is -1.95. The molecule has 0 aliphatic carbocycles. The third-order valence-corrected chi connectivity index (χ3v) is 6.12. The average molecular weight is 486 g/mol. The monoisotopic (exact) mass is 485 g/mol. The second-order valence-corrected chi connectivity index (χ2v) is 9.01. The smallest absolute Gasteiger partial charge is 0.343 e. The number of hydrogen-bond donors (Lipinski definition) is 0. The molecule has 3 aromatic carbocycles. The van der Waals surface area contributed by atoms with Crippen LogP contribution in [-0.2, 0) is 14.3 Å². The highest BCUT2D eigenvalue weighted by molar-refractivity contribution is 6.01. The van der Waals surface area contributed by atoms with Crippen molar-refractivity contribution in [2.24, 2.45) is 5.92 Å². The van der Waals surface area contributed by atoms with Crippen molar-refractivity contribution in [2.45, 2.75) is 27.2 Å². The SMILES string of the molecule is Cc1ccc(C(=O)Oc2ccc(C(=O)COC(=O)[C@H]3CC(=O)N(c4ccc(C)cc4C)C3)cc2)cc1. The van der Waals surface area contributed by atoms with Crippen molar-refractivity contribution in [3.8, 4) is 5.75 Å². The Kier molecular flexibility index (Phi) is 7.29. The molecule has 0 bridgehead atoms. The summed E-state index contributed by atoms with van der Waals surface area (Å²) in [6.07, 6.45) is 0.0430. The Morgan fingerprint density at radius 2 is 1.50 bits per heavy atom. The van der Waals surface area contributed by atoms with Crippen LogP contribution in [0.15, 0.2) is 66.7 Å². The molecule has 1 fully saturated rings. The van der Waals surface area contributed by atoms with Gasteiger partial charge < -0.3 is 14.4 Å². The Morgan fingerprint density at radius 3 is 2.17 bits per heavy atom. The van der Waals surface area contributed by atoms with Crippen molar-refractivity contribution in [1.82, 2.24) is 0 Å². The maximum Gasteiger partial charge on any atom is 0.343 e. The Balaban J connectivity index is 1.30. The predicted octanol–water partition coefficient (Wildman–Crippen LogP) is 4.61. The molecule has 0 unspecified atom stereocenters. The lowest BCUT2D eigenvalue weighted by Gasteiger charge is -2.19. The van der Waals surface area contributed by atoms with Crippen LogP contribution in [0.4, 0.5) is 5.69 Å². The van der Waals surface area contributed by atoms with Gasteiger partial charge in [0.05, 0.1) is 11.5 Å². The molecule has 7 nitrogen and oxygen atoms in total. The number of ketones is 1. The van der Waals surface area contributed by atoms with Gasteiger partial charge in [-0.25, -0.2) is 4.79 Å². The number of carbonyl (C=O) groups excluding carboxylic acids is 4. The number of rotatable bonds is 7. The first-order valence-electron chi connectivity index (χ1n) is 11.7. The van der Waals surface area contributed by atoms with Crippen molar-refractivity contribution < 1.29 is 28.7 Å². The Morgan fingerprint density at radius 1 is 0.861 bits per heavy atom. The van der Waals surface area contributed by atoms with E-state index in [2.05, 4.69) is 0 Å². The van der Waals surface area contributed by atoms with Gasteiger partial charge in [-0.15, -0.1) is 0 Å². The van der Waals surface area contributed by atoms with Crippen LogP contribution in [0.3, 0.4) is 0 Å². The van der Waals surface area contributed by atoms with Crippen molar-refractivity contribution >= 4 is 29.3 Å². The summed E-state index contributed by atoms with van der Waals surface area (Å²) in [7, 11) is 0. The average Bonchev–Trinajstić information content (AvgIpc) is 3.24. The van der Waals surface area contributed by atoms with Gasteiger partial charge in [-0.2, -0.15) is 0 Å². The molecule has 36 heavy (non-hydrogen) atoms. The highest BCUT2D eigenvalue weighted by atomic mass is 16.5. The minimum Gasteiger partial charge on any atom is -0.457 e. The summed E-state index contributed by atoms with van der Waals surface area (Å²) in [6, 6.07) is 18.8. The van der Waals surface area contributed by atoms with E-state index in [9.17, 15) is 19.2 Å². The lowest BCUT2D eigenvalue weighted by Crippen LogP contribution is -2.27. The Labute approximate surface area is 209 Å². The van der Waals surface area contributed by atoms with Gasteiger partial charge in [0.2, 0.25) is 5.91 Å². The van der Waals surface area contributed by atoms with E-state index in [0.717, 1.165) is 22.4 Å². The standard InChI is InChI=1S/C29H27NO6/c1-18-4-7-22(8-5-18)29(34)36-24-11-9-21(10-12-24)26(31)17-35-28(33)23-15-27(32)30(16-23)25-13-6-19(2)14-20(25)3/h4-14,23H,15-17H2,1-3H3/t23-/m0/s1. The summed E-state index contributed by atoms with van der Waals surface area (Å²) >= 11 is 0. The molecule has 0 radical (unpaired) electrons. The predicted molar refractivity (Wildman–Crippen MR) is 134 cm³/mol. The van der Waals surface area contributed by atoms with Crippen LogP contribution in [0, 0.1) is 26.7 Å². The fourth-order valence-electron chi connectivity index (χ4n) is 4.11. The molecule has 0 aromatic heterocycles. The van der Waals surface area contributed by atoms with Gasteiger partial charge >= 0.3 is 11.9 Å². The van der Waals surface area contributed by atoms with Crippen LogP contribution in [0.5, 0.6) is 5.75 Å². The summed E-state index contributed by atoms with van der Waals surface area (Å²) in [6.45, 7) is 5.61. The molecule has 1 aliphatic rings. The largest absolute Gasteiger partial charge is 0.457 e. The van der Waals surface area contributed by atoms with Crippen LogP contribution in [0.25, 0.3) is 0 Å². The zero-order chi connectivity index (χ0) is 25.8. The molecule has 4 rings (SSSR count). The molecular formula is C29H27NO6. The molecular weight excluding hydrogens is 458 g/mol. The van der Waals surface area contributed by atoms with Crippen LogP contribution in [0.2, 0.25) is 0 Å². The highest BCUT2D eigenvalue weighted by Crippen LogP contribution is 2.29. The molecule has 1 aliphatic heterocycles. The van der Waals surface area contributed by atoms with E-state index in [1.165, 1.54) is 24.3 Å². The number of esters is 2. The third kappa shape index (κ3) is 5.68. The molecule has 0 spiro atoms. The number of benzene rings is 3. The normalized spacial score (nSPS) is 15.0. The first-order valence-corrected chi connectivity index (χ1v) is 11.7. The van der Waals surface area contributed by atoms with Gasteiger partial charge in [-0.05, 0) is 68.8 Å². The maximum atomic E-state index is 12.6. The molecule has 184 valence electrons. The molecule has 0 saturated carbocycles. The van der Waals surface area contributed by atoms with Crippen LogP contribution >= 0.6 is 0 Å². The Hall–Kier alpha value is -4.26. The van der Waals surface area contributed by atoms with E-state index >= 15 is 0 Å². The first-order chi connectivity index (χ1) is 17.2. The summed E-state index contributed by atoms with van der Waals surface area (Å²) < 4.78 is 10.6. The quantitative estimate of drug-likeness (QED) is 0.276. The molecule has 1 amide bonds. The van der Waals surface area contributed by atoms with E-state index in [1.807, 2.05) is 51.1 Å². The zero-order valence-electron chi connectivity index (χ0n) is 20.4. The van der Waals surface area contributed by atoms with Crippen molar-refractivity contribution in [3.63, 3.8) is 0 Å². The number of carbonyl (C=O) groups is 4. The van der Waals surface area contributed by atoms with E-state index in [1.54, 1.807) is 17.0 Å². The molecule has 7 heteroatoms. The summed E-state index contributed by atoms with van der Waals surface area (Å²) in [4.78, 5) is 51.4. The highest BCUT2D eigenvalue weighted by Gasteiger charge is 2.36. The van der Waals surface area contributed by atoms with E-state index in [0.29, 0.717) is 16.9 Å². The number of aryl methyl sites for hydroxylation is 3. The van der Waals surface area contributed by atoms with Gasteiger partial charge in [0.15, 0.2) is 12.4 Å². The topological polar surface area (TPSA) is 90.0 Å². The fourth-order valence-corrected chi connectivity index (χ4v) is 4.11. The number of anilines is 1. The van der Waals surface area contributed by atoms with Crippen LogP contribution in [-0.4, -0.2) is 36.8 Å². The van der Waals surface area contributed by atoms with Crippen molar-refractivity contribution in [2.75, 3.05) is 18.1 Å². The van der Waals surface area contributed by atoms with Crippen LogP contribution < -0.4 is 9.64 Å². The minimum atomic E-state index is -0.630. The molecule has 1 saturated heterocycles. The number of ether oxygens (including phenoxy) is 2. The molecule has 0 N–H and O–H groups in total. The van der Waals surface area contributed by atoms with Gasteiger partial charge in [-0.1, -0.05) is 35.4 Å². The van der Waals surface area contributed by atoms with E-state index in [-0.39, 0.29) is 18.9 Å². The summed E-state index contributed by atoms with van der Waals surface area (Å²) in [5.41, 5.74) is 4.61.